The molecule has 2 saturated carbocycles. The van der Waals surface area contributed by atoms with Gasteiger partial charge in [-0.2, -0.15) is 0 Å². The Hall–Kier alpha value is -0.0400. The smallest absolute Gasteiger partial charge is 0.0190 e. The van der Waals surface area contributed by atoms with Crippen LogP contribution in [-0.4, -0.2) is 5.54 Å². The first kappa shape index (κ1) is 13.4. The Kier molecular flexibility index (Phi) is 3.87. The fourth-order valence-corrected chi connectivity index (χ4v) is 4.73. The lowest BCUT2D eigenvalue weighted by Gasteiger charge is -2.51. The average molecular weight is 237 g/mol. The molecule has 100 valence electrons. The molecule has 0 bridgehead atoms. The Morgan fingerprint density at radius 3 is 2.41 bits per heavy atom. The van der Waals surface area contributed by atoms with Gasteiger partial charge in [-0.1, -0.05) is 52.9 Å². The van der Waals surface area contributed by atoms with Crippen LogP contribution in [0.5, 0.6) is 0 Å². The summed E-state index contributed by atoms with van der Waals surface area (Å²) in [5.41, 5.74) is 7.51. The summed E-state index contributed by atoms with van der Waals surface area (Å²) in [6, 6.07) is 0. The molecule has 0 spiro atoms. The minimum Gasteiger partial charge on any atom is -0.325 e. The molecule has 2 aliphatic carbocycles. The highest BCUT2D eigenvalue weighted by Crippen LogP contribution is 2.49. The Bertz CT molecular complexity index is 258. The Balaban J connectivity index is 2.12. The van der Waals surface area contributed by atoms with Crippen LogP contribution in [0.25, 0.3) is 0 Å². The maximum Gasteiger partial charge on any atom is 0.0190 e. The van der Waals surface area contributed by atoms with Crippen LogP contribution in [0.15, 0.2) is 0 Å². The number of hydrogen-bond acceptors (Lipinski definition) is 1. The van der Waals surface area contributed by atoms with Crippen molar-refractivity contribution in [1.29, 1.82) is 0 Å². The molecule has 0 heterocycles. The van der Waals surface area contributed by atoms with Gasteiger partial charge in [0.2, 0.25) is 0 Å². The van der Waals surface area contributed by atoms with Crippen molar-refractivity contribution in [3.63, 3.8) is 0 Å². The van der Waals surface area contributed by atoms with Crippen LogP contribution in [0.2, 0.25) is 0 Å². The second-order valence-corrected chi connectivity index (χ2v) is 7.49. The van der Waals surface area contributed by atoms with Crippen molar-refractivity contribution >= 4 is 0 Å². The van der Waals surface area contributed by atoms with Gasteiger partial charge in [0.25, 0.3) is 0 Å². The molecular weight excluding hydrogens is 206 g/mol. The van der Waals surface area contributed by atoms with E-state index in [4.69, 9.17) is 5.73 Å². The van der Waals surface area contributed by atoms with Gasteiger partial charge in [-0.05, 0) is 42.9 Å². The molecule has 1 nitrogen and oxygen atoms in total. The zero-order chi connectivity index (χ0) is 12.5. The van der Waals surface area contributed by atoms with Crippen molar-refractivity contribution in [2.24, 2.45) is 23.0 Å². The van der Waals surface area contributed by atoms with Crippen LogP contribution < -0.4 is 5.73 Å². The fraction of sp³-hybridized carbons (Fsp3) is 1.00. The van der Waals surface area contributed by atoms with Crippen molar-refractivity contribution in [2.45, 2.75) is 84.1 Å². The molecule has 1 heteroatoms. The topological polar surface area (TPSA) is 26.0 Å². The van der Waals surface area contributed by atoms with Crippen molar-refractivity contribution in [3.05, 3.63) is 0 Å². The highest BCUT2D eigenvalue weighted by atomic mass is 14.8. The third-order valence-corrected chi connectivity index (χ3v) is 5.48. The molecule has 0 amide bonds. The Morgan fingerprint density at radius 1 is 1.06 bits per heavy atom. The SMILES string of the molecule is CCC1CCCCC1C1(N)CCCC(C)(C)C1. The summed E-state index contributed by atoms with van der Waals surface area (Å²) in [7, 11) is 0. The van der Waals surface area contributed by atoms with E-state index in [-0.39, 0.29) is 5.54 Å². The third-order valence-electron chi connectivity index (χ3n) is 5.48. The largest absolute Gasteiger partial charge is 0.325 e. The summed E-state index contributed by atoms with van der Waals surface area (Å²) in [5, 5.41) is 0. The molecule has 0 aromatic rings. The van der Waals surface area contributed by atoms with E-state index in [2.05, 4.69) is 20.8 Å². The van der Waals surface area contributed by atoms with E-state index in [1.54, 1.807) is 0 Å². The quantitative estimate of drug-likeness (QED) is 0.752. The zero-order valence-corrected chi connectivity index (χ0v) is 12.1. The summed E-state index contributed by atoms with van der Waals surface area (Å²) < 4.78 is 0. The summed E-state index contributed by atoms with van der Waals surface area (Å²) in [6.45, 7) is 7.19. The van der Waals surface area contributed by atoms with E-state index in [0.717, 1.165) is 11.8 Å². The molecule has 0 aromatic heterocycles. The summed E-state index contributed by atoms with van der Waals surface area (Å²) in [4.78, 5) is 0. The first-order valence-corrected chi connectivity index (χ1v) is 7.76. The summed E-state index contributed by atoms with van der Waals surface area (Å²) >= 11 is 0. The molecular formula is C16H31N. The van der Waals surface area contributed by atoms with Crippen LogP contribution in [0.1, 0.15) is 78.6 Å². The van der Waals surface area contributed by atoms with E-state index in [0.29, 0.717) is 5.41 Å². The minimum absolute atomic E-state index is 0.156. The molecule has 0 aromatic carbocycles. The molecule has 0 aliphatic heterocycles. The van der Waals surface area contributed by atoms with Crippen LogP contribution in [0, 0.1) is 17.3 Å². The Morgan fingerprint density at radius 2 is 1.76 bits per heavy atom. The molecule has 2 fully saturated rings. The lowest BCUT2D eigenvalue weighted by Crippen LogP contribution is -2.55. The molecule has 0 radical (unpaired) electrons. The van der Waals surface area contributed by atoms with Gasteiger partial charge in [-0.15, -0.1) is 0 Å². The van der Waals surface area contributed by atoms with E-state index >= 15 is 0 Å². The lowest BCUT2D eigenvalue weighted by molar-refractivity contribution is 0.0472. The van der Waals surface area contributed by atoms with Gasteiger partial charge in [-0.3, -0.25) is 0 Å². The maximum atomic E-state index is 6.88. The van der Waals surface area contributed by atoms with Gasteiger partial charge >= 0.3 is 0 Å². The van der Waals surface area contributed by atoms with E-state index in [1.807, 2.05) is 0 Å². The normalized spacial score (nSPS) is 42.4. The lowest BCUT2D eigenvalue weighted by atomic mass is 9.58. The van der Waals surface area contributed by atoms with Crippen molar-refractivity contribution < 1.29 is 0 Å². The first-order chi connectivity index (χ1) is 7.97. The molecule has 3 unspecified atom stereocenters. The maximum absolute atomic E-state index is 6.88. The van der Waals surface area contributed by atoms with E-state index in [9.17, 15) is 0 Å². The second kappa shape index (κ2) is 4.91. The van der Waals surface area contributed by atoms with Gasteiger partial charge in [-0.25, -0.2) is 0 Å². The predicted molar refractivity (Wildman–Crippen MR) is 74.9 cm³/mol. The van der Waals surface area contributed by atoms with Gasteiger partial charge in [0.1, 0.15) is 0 Å². The van der Waals surface area contributed by atoms with Gasteiger partial charge in [0.15, 0.2) is 0 Å². The molecule has 17 heavy (non-hydrogen) atoms. The highest BCUT2D eigenvalue weighted by Gasteiger charge is 2.45. The molecule has 3 atom stereocenters. The van der Waals surface area contributed by atoms with Crippen LogP contribution >= 0.6 is 0 Å². The highest BCUT2D eigenvalue weighted by molar-refractivity contribution is 5.01. The van der Waals surface area contributed by atoms with Gasteiger partial charge < -0.3 is 5.73 Å². The van der Waals surface area contributed by atoms with E-state index < -0.39 is 0 Å². The monoisotopic (exact) mass is 237 g/mol. The van der Waals surface area contributed by atoms with Gasteiger partial charge in [0.05, 0.1) is 0 Å². The predicted octanol–water partition coefficient (Wildman–Crippen LogP) is 4.50. The first-order valence-electron chi connectivity index (χ1n) is 7.76. The molecule has 2 N–H and O–H groups in total. The minimum atomic E-state index is 0.156. The fourth-order valence-electron chi connectivity index (χ4n) is 4.73. The van der Waals surface area contributed by atoms with Crippen molar-refractivity contribution in [3.8, 4) is 0 Å². The van der Waals surface area contributed by atoms with Crippen LogP contribution in [-0.2, 0) is 0 Å². The number of rotatable bonds is 2. The number of nitrogens with two attached hydrogens (primary N) is 1. The molecule has 2 aliphatic rings. The second-order valence-electron chi connectivity index (χ2n) is 7.49. The Labute approximate surface area is 108 Å². The number of hydrogen-bond donors (Lipinski definition) is 1. The van der Waals surface area contributed by atoms with Crippen molar-refractivity contribution in [2.75, 3.05) is 0 Å². The van der Waals surface area contributed by atoms with Gasteiger partial charge in [0, 0.05) is 5.54 Å². The van der Waals surface area contributed by atoms with Crippen LogP contribution in [0.4, 0.5) is 0 Å². The molecule has 2 rings (SSSR count). The standard InChI is InChI=1S/C16H31N/c1-4-13-8-5-6-9-14(13)16(17)11-7-10-15(2,3)12-16/h13-14H,4-12,17H2,1-3H3. The summed E-state index contributed by atoms with van der Waals surface area (Å²) in [6.07, 6.45) is 12.3. The third kappa shape index (κ3) is 2.86. The molecule has 0 saturated heterocycles. The van der Waals surface area contributed by atoms with Crippen molar-refractivity contribution in [1.82, 2.24) is 0 Å². The zero-order valence-electron chi connectivity index (χ0n) is 12.1. The van der Waals surface area contributed by atoms with Crippen LogP contribution in [0.3, 0.4) is 0 Å². The average Bonchev–Trinajstić information content (AvgIpc) is 2.27. The summed E-state index contributed by atoms with van der Waals surface area (Å²) in [5.74, 6) is 1.71. The van der Waals surface area contributed by atoms with E-state index in [1.165, 1.54) is 57.8 Å².